The summed E-state index contributed by atoms with van der Waals surface area (Å²) in [5.41, 5.74) is 1.82. The van der Waals surface area contributed by atoms with Gasteiger partial charge in [0.1, 0.15) is 5.82 Å². The molecule has 27 heavy (non-hydrogen) atoms. The molecule has 0 aliphatic heterocycles. The number of hydrogen-bond acceptors (Lipinski definition) is 4. The molecule has 0 heterocycles. The zero-order valence-electron chi connectivity index (χ0n) is 16.4. The van der Waals surface area contributed by atoms with Gasteiger partial charge in [0.25, 0.3) is 0 Å². The van der Waals surface area contributed by atoms with Crippen LogP contribution < -0.4 is 19.5 Å². The van der Waals surface area contributed by atoms with E-state index in [1.165, 1.54) is 12.1 Å². The van der Waals surface area contributed by atoms with Gasteiger partial charge in [-0.05, 0) is 35.4 Å². The topological polar surface area (TPSA) is 55.3 Å². The molecule has 0 radical (unpaired) electrons. The lowest BCUT2D eigenvalue weighted by Crippen LogP contribution is -2.38. The summed E-state index contributed by atoms with van der Waals surface area (Å²) in [6.07, 6.45) is 0. The average Bonchev–Trinajstić information content (AvgIpc) is 2.67. The molecule has 0 spiro atoms. The number of nitrogens with zero attached hydrogens (tertiary/aromatic N) is 2. The zero-order chi connectivity index (χ0) is 19.8. The van der Waals surface area contributed by atoms with E-state index in [1.54, 1.807) is 34.4 Å². The van der Waals surface area contributed by atoms with Gasteiger partial charge >= 0.3 is 0 Å². The van der Waals surface area contributed by atoms with Gasteiger partial charge in [-0.3, -0.25) is 4.99 Å². The quantitative estimate of drug-likeness (QED) is 0.595. The van der Waals surface area contributed by atoms with Gasteiger partial charge in [0, 0.05) is 27.2 Å². The lowest BCUT2D eigenvalue weighted by molar-refractivity contribution is 0.323. The fraction of sp³-hybridized carbons (Fsp3) is 0.350. The van der Waals surface area contributed by atoms with E-state index in [4.69, 9.17) is 14.2 Å². The van der Waals surface area contributed by atoms with Gasteiger partial charge < -0.3 is 24.4 Å². The van der Waals surface area contributed by atoms with E-state index in [9.17, 15) is 4.39 Å². The van der Waals surface area contributed by atoms with Gasteiger partial charge in [-0.2, -0.15) is 0 Å². The van der Waals surface area contributed by atoms with Gasteiger partial charge in [0.05, 0.1) is 21.3 Å². The molecule has 7 heteroatoms. The van der Waals surface area contributed by atoms with E-state index in [0.29, 0.717) is 36.3 Å². The standard InChI is InChI=1S/C20H26FN3O3/c1-22-20(24(2)13-14-7-6-8-16(21)9-14)23-12-15-10-17(25-3)19(27-5)18(11-15)26-4/h6-11H,12-13H2,1-5H3,(H,22,23). The molecule has 0 aromatic heterocycles. The molecule has 2 aromatic rings. The minimum atomic E-state index is -0.249. The lowest BCUT2D eigenvalue weighted by Gasteiger charge is -2.22. The third-order valence-corrected chi connectivity index (χ3v) is 4.06. The van der Waals surface area contributed by atoms with Gasteiger partial charge in [-0.25, -0.2) is 4.39 Å². The number of rotatable bonds is 7. The Labute approximate surface area is 159 Å². The van der Waals surface area contributed by atoms with Crippen LogP contribution >= 0.6 is 0 Å². The van der Waals surface area contributed by atoms with Crippen LogP contribution in [0.3, 0.4) is 0 Å². The smallest absolute Gasteiger partial charge is 0.203 e. The molecule has 0 saturated carbocycles. The Morgan fingerprint density at radius 2 is 1.70 bits per heavy atom. The number of methoxy groups -OCH3 is 3. The van der Waals surface area contributed by atoms with Crippen LogP contribution in [0.2, 0.25) is 0 Å². The molecule has 0 saturated heterocycles. The molecule has 0 aliphatic carbocycles. The number of ether oxygens (including phenoxy) is 3. The minimum Gasteiger partial charge on any atom is -0.493 e. The largest absolute Gasteiger partial charge is 0.493 e. The Morgan fingerprint density at radius 3 is 2.22 bits per heavy atom. The third kappa shape index (κ3) is 5.26. The summed E-state index contributed by atoms with van der Waals surface area (Å²) in [6.45, 7) is 1.05. The molecule has 0 bridgehead atoms. The zero-order valence-corrected chi connectivity index (χ0v) is 16.4. The van der Waals surface area contributed by atoms with Crippen LogP contribution in [0.25, 0.3) is 0 Å². The summed E-state index contributed by atoms with van der Waals surface area (Å²) in [5.74, 6) is 2.18. The molecule has 2 aromatic carbocycles. The number of guanidine groups is 1. The van der Waals surface area contributed by atoms with Crippen molar-refractivity contribution in [1.82, 2.24) is 10.2 Å². The van der Waals surface area contributed by atoms with Crippen molar-refractivity contribution in [3.8, 4) is 17.2 Å². The van der Waals surface area contributed by atoms with Crippen LogP contribution in [0.4, 0.5) is 4.39 Å². The minimum absolute atomic E-state index is 0.249. The SMILES string of the molecule is CN=C(NCc1cc(OC)c(OC)c(OC)c1)N(C)Cc1cccc(F)c1. The predicted molar refractivity (Wildman–Crippen MR) is 104 cm³/mol. The molecule has 0 amide bonds. The monoisotopic (exact) mass is 375 g/mol. The van der Waals surface area contributed by atoms with Crippen LogP contribution in [-0.2, 0) is 13.1 Å². The highest BCUT2D eigenvalue weighted by atomic mass is 19.1. The molecule has 0 aliphatic rings. The third-order valence-electron chi connectivity index (χ3n) is 4.06. The summed E-state index contributed by atoms with van der Waals surface area (Å²) in [5, 5.41) is 3.29. The molecule has 1 N–H and O–H groups in total. The molecule has 0 fully saturated rings. The number of halogens is 1. The number of aliphatic imine (C=N–C) groups is 1. The summed E-state index contributed by atoms with van der Waals surface area (Å²) in [4.78, 5) is 6.21. The van der Waals surface area contributed by atoms with Crippen LogP contribution in [0.15, 0.2) is 41.4 Å². The summed E-state index contributed by atoms with van der Waals surface area (Å²) in [6, 6.07) is 10.3. The number of benzene rings is 2. The van der Waals surface area contributed by atoms with Crippen molar-refractivity contribution < 1.29 is 18.6 Å². The first-order valence-electron chi connectivity index (χ1n) is 8.47. The average molecular weight is 375 g/mol. The lowest BCUT2D eigenvalue weighted by atomic mass is 10.1. The maximum atomic E-state index is 13.4. The molecule has 0 atom stereocenters. The van der Waals surface area contributed by atoms with E-state index in [1.807, 2.05) is 30.1 Å². The van der Waals surface area contributed by atoms with Crippen molar-refractivity contribution in [2.24, 2.45) is 4.99 Å². The summed E-state index contributed by atoms with van der Waals surface area (Å²) in [7, 11) is 8.34. The Balaban J connectivity index is 2.09. The van der Waals surface area contributed by atoms with E-state index < -0.39 is 0 Å². The van der Waals surface area contributed by atoms with Crippen molar-refractivity contribution in [3.63, 3.8) is 0 Å². The van der Waals surface area contributed by atoms with Gasteiger partial charge in [-0.1, -0.05) is 12.1 Å². The first-order chi connectivity index (χ1) is 13.0. The van der Waals surface area contributed by atoms with Crippen LogP contribution in [0.5, 0.6) is 17.2 Å². The second kappa shape index (κ2) is 9.66. The highest BCUT2D eigenvalue weighted by Gasteiger charge is 2.14. The number of hydrogen-bond donors (Lipinski definition) is 1. The summed E-state index contributed by atoms with van der Waals surface area (Å²) >= 11 is 0. The normalized spacial score (nSPS) is 11.1. The van der Waals surface area contributed by atoms with E-state index in [2.05, 4.69) is 10.3 Å². The second-order valence-corrected chi connectivity index (χ2v) is 5.92. The van der Waals surface area contributed by atoms with E-state index >= 15 is 0 Å². The van der Waals surface area contributed by atoms with Crippen LogP contribution in [0, 0.1) is 5.82 Å². The van der Waals surface area contributed by atoms with Crippen LogP contribution in [0.1, 0.15) is 11.1 Å². The molecule has 146 valence electrons. The molecular formula is C20H26FN3O3. The molecule has 0 unspecified atom stereocenters. The molecule has 2 rings (SSSR count). The number of nitrogens with one attached hydrogen (secondary N) is 1. The van der Waals surface area contributed by atoms with Crippen molar-refractivity contribution in [3.05, 3.63) is 53.3 Å². The van der Waals surface area contributed by atoms with E-state index in [0.717, 1.165) is 11.1 Å². The van der Waals surface area contributed by atoms with Crippen LogP contribution in [-0.4, -0.2) is 46.3 Å². The first kappa shape index (κ1) is 20.4. The van der Waals surface area contributed by atoms with Crippen molar-refractivity contribution >= 4 is 5.96 Å². The maximum absolute atomic E-state index is 13.4. The van der Waals surface area contributed by atoms with Gasteiger partial charge in [0.2, 0.25) is 5.75 Å². The van der Waals surface area contributed by atoms with Crippen molar-refractivity contribution in [1.29, 1.82) is 0 Å². The predicted octanol–water partition coefficient (Wildman–Crippen LogP) is 3.06. The van der Waals surface area contributed by atoms with E-state index in [-0.39, 0.29) is 5.82 Å². The molecule has 6 nitrogen and oxygen atoms in total. The Hall–Kier alpha value is -2.96. The highest BCUT2D eigenvalue weighted by molar-refractivity contribution is 5.79. The second-order valence-electron chi connectivity index (χ2n) is 5.92. The Kier molecular flexibility index (Phi) is 7.28. The fourth-order valence-electron chi connectivity index (χ4n) is 2.79. The van der Waals surface area contributed by atoms with Crippen molar-refractivity contribution in [2.45, 2.75) is 13.1 Å². The van der Waals surface area contributed by atoms with Gasteiger partial charge in [0.15, 0.2) is 17.5 Å². The molecular weight excluding hydrogens is 349 g/mol. The maximum Gasteiger partial charge on any atom is 0.203 e. The van der Waals surface area contributed by atoms with Crippen molar-refractivity contribution in [2.75, 3.05) is 35.4 Å². The van der Waals surface area contributed by atoms with Gasteiger partial charge in [-0.15, -0.1) is 0 Å². The Bertz CT molecular complexity index is 771. The summed E-state index contributed by atoms with van der Waals surface area (Å²) < 4.78 is 29.5. The highest BCUT2D eigenvalue weighted by Crippen LogP contribution is 2.38. The fourth-order valence-corrected chi connectivity index (χ4v) is 2.79. The Morgan fingerprint density at radius 1 is 1.04 bits per heavy atom. The first-order valence-corrected chi connectivity index (χ1v) is 8.47.